The molecule has 2 unspecified atom stereocenters. The molecule has 0 rings (SSSR count). The summed E-state index contributed by atoms with van der Waals surface area (Å²) < 4.78 is 32.6. The van der Waals surface area contributed by atoms with Crippen LogP contribution in [0.25, 0.3) is 0 Å². The first-order chi connectivity index (χ1) is 27.1. The Labute approximate surface area is 337 Å². The standard InChI is InChI=1S/C44H72NO10P/c1-3-5-7-9-11-13-15-17-18-19-20-21-22-24-25-27-29-31-33-35-42(46)52-37-40(38-53-56(50,51)54-39-41(45)44(48)49)55-43(47)36-34-32-30-28-26-23-16-14-12-10-8-6-4-2/h5-8,10-14,16-18,20-21,40-41H,3-4,9,15,19,22-39,45H2,1-2H3,(H,48,49)(H,50,51)/b7-5+,8-6+,12-10+,13-11+,16-14+,18-17+,21-20+/t40?,41-/m1/s1. The van der Waals surface area contributed by atoms with Gasteiger partial charge in [0.25, 0.3) is 0 Å². The van der Waals surface area contributed by atoms with Gasteiger partial charge in [-0.05, 0) is 70.6 Å². The minimum Gasteiger partial charge on any atom is -0.480 e. The molecule has 0 bridgehead atoms. The number of carboxylic acid groups (broad SMARTS) is 1. The van der Waals surface area contributed by atoms with Crippen molar-refractivity contribution in [3.63, 3.8) is 0 Å². The number of carbonyl (C=O) groups excluding carboxylic acids is 2. The predicted octanol–water partition coefficient (Wildman–Crippen LogP) is 10.7. The van der Waals surface area contributed by atoms with E-state index in [0.29, 0.717) is 12.8 Å². The number of rotatable bonds is 37. The molecule has 12 heteroatoms. The molecule has 0 saturated heterocycles. The van der Waals surface area contributed by atoms with E-state index in [4.69, 9.17) is 24.8 Å². The zero-order chi connectivity index (χ0) is 41.4. The topological polar surface area (TPSA) is 172 Å². The molecule has 0 aromatic heterocycles. The largest absolute Gasteiger partial charge is 0.480 e. The number of ether oxygens (including phenoxy) is 2. The number of hydrogen-bond donors (Lipinski definition) is 3. The van der Waals surface area contributed by atoms with Crippen LogP contribution in [0.2, 0.25) is 0 Å². The fourth-order valence-electron chi connectivity index (χ4n) is 5.00. The number of esters is 2. The SMILES string of the molecule is CC/C=C/C=C/C=C/CCCCCCCC(=O)OC(COC(=O)CCCCCCCC/C=C/C/C=C/C/C=C/C/C=C/CC)COP(=O)(O)OC[C@@H](N)C(=O)O. The number of phosphoric ester groups is 1. The van der Waals surface area contributed by atoms with Crippen molar-refractivity contribution in [1.82, 2.24) is 0 Å². The van der Waals surface area contributed by atoms with Gasteiger partial charge in [0, 0.05) is 12.8 Å². The number of carboxylic acids is 1. The number of unbranched alkanes of at least 4 members (excludes halogenated alkanes) is 11. The highest BCUT2D eigenvalue weighted by atomic mass is 31.2. The average Bonchev–Trinajstić information content (AvgIpc) is 3.17. The number of carbonyl (C=O) groups is 3. The van der Waals surface area contributed by atoms with Crippen molar-refractivity contribution in [3.05, 3.63) is 85.1 Å². The van der Waals surface area contributed by atoms with Gasteiger partial charge in [0.15, 0.2) is 6.10 Å². The van der Waals surface area contributed by atoms with Crippen molar-refractivity contribution >= 4 is 25.7 Å². The highest BCUT2D eigenvalue weighted by Gasteiger charge is 2.28. The van der Waals surface area contributed by atoms with E-state index in [-0.39, 0.29) is 19.4 Å². The van der Waals surface area contributed by atoms with E-state index in [1.165, 1.54) is 0 Å². The van der Waals surface area contributed by atoms with Gasteiger partial charge in [0.2, 0.25) is 0 Å². The second-order valence-electron chi connectivity index (χ2n) is 13.4. The maximum absolute atomic E-state index is 12.6. The lowest BCUT2D eigenvalue weighted by Gasteiger charge is -2.20. The predicted molar refractivity (Wildman–Crippen MR) is 226 cm³/mol. The van der Waals surface area contributed by atoms with Gasteiger partial charge in [-0.2, -0.15) is 0 Å². The summed E-state index contributed by atoms with van der Waals surface area (Å²) in [5.41, 5.74) is 5.32. The van der Waals surface area contributed by atoms with E-state index >= 15 is 0 Å². The Morgan fingerprint density at radius 2 is 1.04 bits per heavy atom. The van der Waals surface area contributed by atoms with Crippen LogP contribution in [0.5, 0.6) is 0 Å². The Morgan fingerprint density at radius 1 is 0.571 bits per heavy atom. The van der Waals surface area contributed by atoms with E-state index in [9.17, 15) is 23.8 Å². The second-order valence-corrected chi connectivity index (χ2v) is 14.9. The molecule has 0 aromatic rings. The third-order valence-corrected chi connectivity index (χ3v) is 9.15. The number of allylic oxidation sites excluding steroid dienone is 14. The molecule has 4 N–H and O–H groups in total. The first kappa shape index (κ1) is 52.7. The summed E-state index contributed by atoms with van der Waals surface area (Å²) in [7, 11) is -4.73. The van der Waals surface area contributed by atoms with Crippen LogP contribution in [-0.4, -0.2) is 59.9 Å². The highest BCUT2D eigenvalue weighted by Crippen LogP contribution is 2.43. The minimum absolute atomic E-state index is 0.130. The molecule has 0 amide bonds. The van der Waals surface area contributed by atoms with E-state index in [2.05, 4.69) is 79.1 Å². The second kappa shape index (κ2) is 38.5. The number of hydrogen-bond acceptors (Lipinski definition) is 9. The van der Waals surface area contributed by atoms with Crippen LogP contribution in [0.15, 0.2) is 85.1 Å². The lowest BCUT2D eigenvalue weighted by Crippen LogP contribution is -2.34. The third-order valence-electron chi connectivity index (χ3n) is 8.20. The molecule has 0 fully saturated rings. The molecular weight excluding hydrogens is 733 g/mol. The lowest BCUT2D eigenvalue weighted by molar-refractivity contribution is -0.161. The van der Waals surface area contributed by atoms with Gasteiger partial charge in [-0.1, -0.05) is 144 Å². The number of phosphoric acid groups is 1. The summed E-state index contributed by atoms with van der Waals surface area (Å²) in [6.07, 6.45) is 46.5. The van der Waals surface area contributed by atoms with Crippen molar-refractivity contribution in [2.24, 2.45) is 5.73 Å². The van der Waals surface area contributed by atoms with Gasteiger partial charge >= 0.3 is 25.7 Å². The van der Waals surface area contributed by atoms with E-state index in [1.807, 2.05) is 24.3 Å². The molecule has 0 aromatic carbocycles. The summed E-state index contributed by atoms with van der Waals surface area (Å²) >= 11 is 0. The normalized spacial score (nSPS) is 14.6. The maximum Gasteiger partial charge on any atom is 0.472 e. The van der Waals surface area contributed by atoms with Gasteiger partial charge in [-0.15, -0.1) is 0 Å². The van der Waals surface area contributed by atoms with Crippen LogP contribution >= 0.6 is 7.82 Å². The van der Waals surface area contributed by atoms with Crippen LogP contribution in [0.1, 0.15) is 142 Å². The minimum atomic E-state index is -4.73. The van der Waals surface area contributed by atoms with Crippen molar-refractivity contribution in [2.45, 2.75) is 154 Å². The van der Waals surface area contributed by atoms with Gasteiger partial charge in [-0.25, -0.2) is 4.57 Å². The van der Waals surface area contributed by atoms with Crippen molar-refractivity contribution in [1.29, 1.82) is 0 Å². The van der Waals surface area contributed by atoms with Gasteiger partial charge in [0.05, 0.1) is 13.2 Å². The van der Waals surface area contributed by atoms with Crippen molar-refractivity contribution in [2.75, 3.05) is 19.8 Å². The molecule has 56 heavy (non-hydrogen) atoms. The van der Waals surface area contributed by atoms with E-state index in [0.717, 1.165) is 103 Å². The maximum atomic E-state index is 12.6. The smallest absolute Gasteiger partial charge is 0.472 e. The monoisotopic (exact) mass is 805 g/mol. The molecule has 0 aliphatic carbocycles. The summed E-state index contributed by atoms with van der Waals surface area (Å²) in [4.78, 5) is 45.9. The van der Waals surface area contributed by atoms with Crippen molar-refractivity contribution < 1.29 is 47.5 Å². The summed E-state index contributed by atoms with van der Waals surface area (Å²) in [6, 6.07) is -1.53. The fourth-order valence-corrected chi connectivity index (χ4v) is 5.77. The van der Waals surface area contributed by atoms with E-state index < -0.39 is 51.1 Å². The van der Waals surface area contributed by atoms with Crippen LogP contribution in [-0.2, 0) is 37.5 Å². The molecule has 11 nitrogen and oxygen atoms in total. The summed E-state index contributed by atoms with van der Waals surface area (Å²) in [5.74, 6) is -2.44. The quantitative estimate of drug-likeness (QED) is 0.0179. The molecule has 3 atom stereocenters. The Bertz CT molecular complexity index is 1270. The first-order valence-electron chi connectivity index (χ1n) is 20.6. The van der Waals surface area contributed by atoms with Crippen LogP contribution in [0, 0.1) is 0 Å². The highest BCUT2D eigenvalue weighted by molar-refractivity contribution is 7.47. The average molecular weight is 806 g/mol. The summed E-state index contributed by atoms with van der Waals surface area (Å²) in [6.45, 7) is 2.49. The van der Waals surface area contributed by atoms with Gasteiger partial charge in [0.1, 0.15) is 12.6 Å². The van der Waals surface area contributed by atoms with Crippen LogP contribution in [0.4, 0.5) is 0 Å². The molecular formula is C44H72NO10P. The van der Waals surface area contributed by atoms with E-state index in [1.54, 1.807) is 0 Å². The van der Waals surface area contributed by atoms with Gasteiger partial charge < -0.3 is 25.2 Å². The molecule has 0 saturated carbocycles. The van der Waals surface area contributed by atoms with Crippen molar-refractivity contribution in [3.8, 4) is 0 Å². The Balaban J connectivity index is 4.43. The zero-order valence-corrected chi connectivity index (χ0v) is 35.1. The molecule has 0 aliphatic rings. The third kappa shape index (κ3) is 37.6. The molecule has 0 heterocycles. The Morgan fingerprint density at radius 3 is 1.61 bits per heavy atom. The molecule has 318 valence electrons. The fraction of sp³-hybridized carbons (Fsp3) is 0.614. The zero-order valence-electron chi connectivity index (χ0n) is 34.2. The van der Waals surface area contributed by atoms with Crippen LogP contribution in [0.3, 0.4) is 0 Å². The molecule has 0 radical (unpaired) electrons. The first-order valence-corrected chi connectivity index (χ1v) is 22.1. The molecule has 0 aliphatic heterocycles. The number of nitrogens with two attached hydrogens (primary N) is 1. The summed E-state index contributed by atoms with van der Waals surface area (Å²) in [5, 5.41) is 8.88. The van der Waals surface area contributed by atoms with Gasteiger partial charge in [-0.3, -0.25) is 23.4 Å². The Hall–Kier alpha value is -3.34. The Kier molecular flexibility index (Phi) is 36.2. The van der Waals surface area contributed by atoms with Crippen LogP contribution < -0.4 is 5.73 Å². The number of aliphatic carboxylic acids is 1. The molecule has 0 spiro atoms. The lowest BCUT2D eigenvalue weighted by atomic mass is 10.1.